The molecule has 0 bridgehead atoms. The predicted octanol–water partition coefficient (Wildman–Crippen LogP) is 3.15. The Balaban J connectivity index is 1.44. The van der Waals surface area contributed by atoms with Gasteiger partial charge in [-0.15, -0.1) is 0 Å². The second-order valence-corrected chi connectivity index (χ2v) is 7.23. The minimum absolute atomic E-state index is 0.0560. The van der Waals surface area contributed by atoms with Crippen LogP contribution in [0.5, 0.6) is 0 Å². The molecule has 1 aliphatic heterocycles. The number of fused-ring (bicyclic) bond motifs is 1. The van der Waals surface area contributed by atoms with E-state index in [2.05, 4.69) is 10.3 Å². The zero-order valence-electron chi connectivity index (χ0n) is 13.9. The first-order chi connectivity index (χ1) is 12.1. The zero-order chi connectivity index (χ0) is 17.4. The van der Waals surface area contributed by atoms with Crippen LogP contribution < -0.4 is 5.32 Å². The number of likely N-dealkylation sites (tertiary alicyclic amines) is 1. The first-order valence-electron chi connectivity index (χ1n) is 8.86. The van der Waals surface area contributed by atoms with E-state index in [-0.39, 0.29) is 16.7 Å². The Morgan fingerprint density at radius 2 is 2.04 bits per heavy atom. The Kier molecular flexibility index (Phi) is 4.33. The maximum atomic E-state index is 12.7. The van der Waals surface area contributed by atoms with Crippen molar-refractivity contribution in [2.24, 2.45) is 0 Å². The summed E-state index contributed by atoms with van der Waals surface area (Å²) in [6.45, 7) is 0.736. The van der Waals surface area contributed by atoms with Gasteiger partial charge in [-0.1, -0.05) is 19.3 Å². The van der Waals surface area contributed by atoms with Gasteiger partial charge in [-0.25, -0.2) is 0 Å². The van der Waals surface area contributed by atoms with E-state index in [0.717, 1.165) is 24.9 Å². The van der Waals surface area contributed by atoms with Crippen molar-refractivity contribution in [1.82, 2.24) is 15.2 Å². The average molecular weight is 359 g/mol. The first kappa shape index (κ1) is 16.3. The van der Waals surface area contributed by atoms with Gasteiger partial charge in [-0.3, -0.25) is 9.59 Å². The molecule has 2 fully saturated rings. The molecule has 6 nitrogen and oxygen atoms in total. The highest BCUT2D eigenvalue weighted by atomic mass is 32.1. The van der Waals surface area contributed by atoms with Crippen LogP contribution in [-0.2, 0) is 4.79 Å². The Bertz CT molecular complexity index is 866. The lowest BCUT2D eigenvalue weighted by Crippen LogP contribution is -2.45. The molecular formula is C18H21N3O3S. The molecule has 0 spiro atoms. The standard InChI is InChI=1S/C18H21N3O3S/c22-16(11-6-7-13-15(10-11)24-18(25)20-13)19-14-8-9-21(17(14)23)12-4-2-1-3-5-12/h6-7,10,12,14H,1-5,8-9H2,(H,19,22)(H,20,25)/t14-/m0/s1. The van der Waals surface area contributed by atoms with Crippen LogP contribution >= 0.6 is 12.2 Å². The number of benzene rings is 1. The molecule has 2 N–H and O–H groups in total. The third-order valence-corrected chi connectivity index (χ3v) is 5.43. The summed E-state index contributed by atoms with van der Waals surface area (Å²) in [4.78, 5) is 30.3. The van der Waals surface area contributed by atoms with Gasteiger partial charge < -0.3 is 19.6 Å². The molecule has 1 aromatic carbocycles. The Hall–Kier alpha value is -2.15. The molecule has 0 unspecified atom stereocenters. The van der Waals surface area contributed by atoms with E-state index >= 15 is 0 Å². The number of oxazole rings is 1. The highest BCUT2D eigenvalue weighted by molar-refractivity contribution is 7.71. The van der Waals surface area contributed by atoms with Crippen molar-refractivity contribution in [2.75, 3.05) is 6.54 Å². The van der Waals surface area contributed by atoms with Gasteiger partial charge in [0.05, 0.1) is 5.52 Å². The third-order valence-electron chi connectivity index (χ3n) is 5.24. The van der Waals surface area contributed by atoms with Crippen molar-refractivity contribution >= 4 is 35.1 Å². The topological polar surface area (TPSA) is 78.3 Å². The summed E-state index contributed by atoms with van der Waals surface area (Å²) in [6.07, 6.45) is 6.49. The van der Waals surface area contributed by atoms with Gasteiger partial charge >= 0.3 is 0 Å². The first-order valence-corrected chi connectivity index (χ1v) is 9.27. The van der Waals surface area contributed by atoms with Gasteiger partial charge in [0.15, 0.2) is 5.58 Å². The zero-order valence-corrected chi connectivity index (χ0v) is 14.7. The SMILES string of the molecule is O=C(N[C@H]1CCN(C2CCCCC2)C1=O)c1ccc2[nH]c(=S)oc2c1. The van der Waals surface area contributed by atoms with Gasteiger partial charge in [-0.2, -0.15) is 0 Å². The molecule has 2 aromatic rings. The number of carbonyl (C=O) groups is 2. The summed E-state index contributed by atoms with van der Waals surface area (Å²) < 4.78 is 5.35. The second kappa shape index (κ2) is 6.63. The van der Waals surface area contributed by atoms with E-state index in [1.54, 1.807) is 18.2 Å². The van der Waals surface area contributed by atoms with Crippen molar-refractivity contribution in [1.29, 1.82) is 0 Å². The molecule has 0 radical (unpaired) electrons. The number of H-pyrrole nitrogens is 1. The summed E-state index contributed by atoms with van der Waals surface area (Å²) in [5.74, 6) is -0.200. The van der Waals surface area contributed by atoms with Crippen molar-refractivity contribution < 1.29 is 14.0 Å². The van der Waals surface area contributed by atoms with Crippen LogP contribution in [0, 0.1) is 4.84 Å². The third kappa shape index (κ3) is 3.20. The van der Waals surface area contributed by atoms with E-state index in [4.69, 9.17) is 16.6 Å². The smallest absolute Gasteiger partial charge is 0.266 e. The highest BCUT2D eigenvalue weighted by Crippen LogP contribution is 2.26. The van der Waals surface area contributed by atoms with Crippen molar-refractivity contribution in [3.63, 3.8) is 0 Å². The lowest BCUT2D eigenvalue weighted by Gasteiger charge is -2.31. The number of hydrogen-bond donors (Lipinski definition) is 2. The summed E-state index contributed by atoms with van der Waals surface area (Å²) in [6, 6.07) is 5.03. The van der Waals surface area contributed by atoms with Crippen molar-refractivity contribution in [2.45, 2.75) is 50.6 Å². The fourth-order valence-electron chi connectivity index (χ4n) is 3.92. The predicted molar refractivity (Wildman–Crippen MR) is 95.9 cm³/mol. The van der Waals surface area contributed by atoms with Gasteiger partial charge in [0.2, 0.25) is 5.91 Å². The van der Waals surface area contributed by atoms with E-state index in [9.17, 15) is 9.59 Å². The fraction of sp³-hybridized carbons (Fsp3) is 0.500. The monoisotopic (exact) mass is 359 g/mol. The summed E-state index contributed by atoms with van der Waals surface area (Å²) in [7, 11) is 0. The largest absolute Gasteiger partial charge is 0.429 e. The van der Waals surface area contributed by atoms with Crippen LogP contribution in [0.15, 0.2) is 22.6 Å². The highest BCUT2D eigenvalue weighted by Gasteiger charge is 2.37. The van der Waals surface area contributed by atoms with E-state index < -0.39 is 6.04 Å². The Morgan fingerprint density at radius 1 is 1.24 bits per heavy atom. The fourth-order valence-corrected chi connectivity index (χ4v) is 4.12. The maximum Gasteiger partial charge on any atom is 0.266 e. The Morgan fingerprint density at radius 3 is 2.84 bits per heavy atom. The normalized spacial score (nSPS) is 21.8. The van der Waals surface area contributed by atoms with E-state index in [0.29, 0.717) is 23.6 Å². The van der Waals surface area contributed by atoms with Crippen molar-refractivity contribution in [3.8, 4) is 0 Å². The van der Waals surface area contributed by atoms with Crippen LogP contribution in [0.1, 0.15) is 48.9 Å². The molecule has 1 atom stereocenters. The molecular weight excluding hydrogens is 338 g/mol. The molecule has 25 heavy (non-hydrogen) atoms. The number of aromatic amines is 1. The quantitative estimate of drug-likeness (QED) is 0.825. The van der Waals surface area contributed by atoms with Gasteiger partial charge in [0.1, 0.15) is 6.04 Å². The molecule has 132 valence electrons. The lowest BCUT2D eigenvalue weighted by molar-refractivity contribution is -0.131. The van der Waals surface area contributed by atoms with Crippen molar-refractivity contribution in [3.05, 3.63) is 28.6 Å². The maximum absolute atomic E-state index is 12.7. The van der Waals surface area contributed by atoms with E-state index in [1.165, 1.54) is 19.3 Å². The molecule has 1 saturated carbocycles. The minimum Gasteiger partial charge on any atom is -0.429 e. The molecule has 2 aliphatic rings. The molecule has 1 aromatic heterocycles. The number of nitrogens with zero attached hydrogens (tertiary/aromatic N) is 1. The van der Waals surface area contributed by atoms with Gasteiger partial charge in [0.25, 0.3) is 10.7 Å². The molecule has 7 heteroatoms. The number of rotatable bonds is 3. The number of hydrogen-bond acceptors (Lipinski definition) is 4. The number of carbonyl (C=O) groups excluding carboxylic acids is 2. The summed E-state index contributed by atoms with van der Waals surface area (Å²) in [5, 5.41) is 2.88. The van der Waals surface area contributed by atoms with Crippen LogP contribution in [0.25, 0.3) is 11.1 Å². The molecule has 1 aliphatic carbocycles. The summed E-state index contributed by atoms with van der Waals surface area (Å²) in [5.41, 5.74) is 1.76. The minimum atomic E-state index is -0.428. The molecule has 4 rings (SSSR count). The van der Waals surface area contributed by atoms with Gasteiger partial charge in [-0.05, 0) is 49.7 Å². The summed E-state index contributed by atoms with van der Waals surface area (Å²) >= 11 is 4.96. The van der Waals surface area contributed by atoms with Crippen LogP contribution in [0.4, 0.5) is 0 Å². The lowest BCUT2D eigenvalue weighted by atomic mass is 9.94. The number of aromatic nitrogens is 1. The van der Waals surface area contributed by atoms with Gasteiger partial charge in [0, 0.05) is 18.2 Å². The number of nitrogens with one attached hydrogen (secondary N) is 2. The molecule has 2 amide bonds. The van der Waals surface area contributed by atoms with Crippen LogP contribution in [-0.4, -0.2) is 40.3 Å². The Labute approximate surface area is 150 Å². The molecule has 2 heterocycles. The van der Waals surface area contributed by atoms with E-state index in [1.807, 2.05) is 4.90 Å². The number of amides is 2. The van der Waals surface area contributed by atoms with Crippen LogP contribution in [0.2, 0.25) is 0 Å². The second-order valence-electron chi connectivity index (χ2n) is 6.86. The molecule has 1 saturated heterocycles. The average Bonchev–Trinajstić information content (AvgIpc) is 3.17. The van der Waals surface area contributed by atoms with Crippen LogP contribution in [0.3, 0.4) is 0 Å².